The van der Waals surface area contributed by atoms with E-state index in [0.717, 1.165) is 32.1 Å². The Bertz CT molecular complexity index is 858. The monoisotopic (exact) mass is 403 g/mol. The van der Waals surface area contributed by atoms with Crippen molar-refractivity contribution in [1.29, 1.82) is 0 Å². The molecule has 0 amide bonds. The highest BCUT2D eigenvalue weighted by molar-refractivity contribution is 7.12. The molecule has 0 spiro atoms. The predicted octanol–water partition coefficient (Wildman–Crippen LogP) is 4.28. The molecule has 6 heteroatoms. The van der Waals surface area contributed by atoms with Crippen molar-refractivity contribution in [2.24, 2.45) is 11.3 Å². The molecule has 0 radical (unpaired) electrons. The van der Waals surface area contributed by atoms with E-state index in [1.807, 2.05) is 59.7 Å². The van der Waals surface area contributed by atoms with Gasteiger partial charge in [-0.25, -0.2) is 5.84 Å². The first-order valence-electron chi connectivity index (χ1n) is 9.74. The number of hydrogen-bond donors (Lipinski definition) is 3. The van der Waals surface area contributed by atoms with E-state index in [-0.39, 0.29) is 18.3 Å². The van der Waals surface area contributed by atoms with Gasteiger partial charge in [0.25, 0.3) is 0 Å². The zero-order valence-corrected chi connectivity index (χ0v) is 18.6. The molecule has 154 valence electrons. The highest BCUT2D eigenvalue weighted by Crippen LogP contribution is 2.48. The van der Waals surface area contributed by atoms with Gasteiger partial charge in [0.2, 0.25) is 0 Å². The second kappa shape index (κ2) is 8.64. The van der Waals surface area contributed by atoms with Gasteiger partial charge in [-0.3, -0.25) is 4.79 Å². The number of thiophene rings is 1. The lowest BCUT2D eigenvalue weighted by molar-refractivity contribution is -0.127. The van der Waals surface area contributed by atoms with Crippen molar-refractivity contribution >= 4 is 28.5 Å². The first-order valence-corrected chi connectivity index (χ1v) is 10.6. The lowest BCUT2D eigenvalue weighted by Gasteiger charge is -2.34. The molecule has 1 unspecified atom stereocenters. The minimum atomic E-state index is -0.607. The normalized spacial score (nSPS) is 12.9. The van der Waals surface area contributed by atoms with Gasteiger partial charge < -0.3 is 15.8 Å². The third kappa shape index (κ3) is 3.95. The Kier molecular flexibility index (Phi) is 6.91. The summed E-state index contributed by atoms with van der Waals surface area (Å²) in [5.41, 5.74) is 10.2. The number of ketones is 1. The number of aliphatic hydroxyl groups excluding tert-OH is 1. The molecule has 0 saturated heterocycles. The number of hydrazine groups is 1. The van der Waals surface area contributed by atoms with E-state index in [1.165, 1.54) is 0 Å². The summed E-state index contributed by atoms with van der Waals surface area (Å²) in [6, 6.07) is 6.01. The van der Waals surface area contributed by atoms with Crippen molar-refractivity contribution in [3.8, 4) is 0 Å². The molecule has 2 aromatic rings. The topological polar surface area (TPSA) is 92.6 Å². The Labute approximate surface area is 172 Å². The number of aryl methyl sites for hydroxylation is 1. The second-order valence-corrected chi connectivity index (χ2v) is 9.11. The fourth-order valence-electron chi connectivity index (χ4n) is 3.82. The molecule has 2 rings (SSSR count). The van der Waals surface area contributed by atoms with Crippen LogP contribution < -0.4 is 16.6 Å². The smallest absolute Gasteiger partial charge is 0.139 e. The van der Waals surface area contributed by atoms with Crippen LogP contribution in [0.25, 0.3) is 0 Å². The van der Waals surface area contributed by atoms with Crippen LogP contribution in [0.3, 0.4) is 0 Å². The number of rotatable bonds is 8. The Hall–Kier alpha value is -1.89. The molecule has 0 fully saturated rings. The molecule has 1 heterocycles. The van der Waals surface area contributed by atoms with Crippen LogP contribution in [0.2, 0.25) is 0 Å². The Balaban J connectivity index is 2.72. The Morgan fingerprint density at radius 2 is 1.93 bits per heavy atom. The van der Waals surface area contributed by atoms with Crippen LogP contribution in [-0.2, 0) is 11.4 Å². The number of benzene rings is 1. The summed E-state index contributed by atoms with van der Waals surface area (Å²) in [4.78, 5) is 15.0. The summed E-state index contributed by atoms with van der Waals surface area (Å²) in [7, 11) is 0. The van der Waals surface area contributed by atoms with E-state index in [9.17, 15) is 9.90 Å². The highest BCUT2D eigenvalue weighted by atomic mass is 32.1. The summed E-state index contributed by atoms with van der Waals surface area (Å²) < 4.78 is 0. The van der Waals surface area contributed by atoms with Gasteiger partial charge in [-0.2, -0.15) is 0 Å². The first kappa shape index (κ1) is 22.4. The SMILES string of the molecule is CCC(=O)C(C)(C)C(c1cc(CO)c(C)s1)c1ccc(N(N)CC)c(N)c1C. The Morgan fingerprint density at radius 3 is 2.43 bits per heavy atom. The molecule has 1 aromatic heterocycles. The minimum Gasteiger partial charge on any atom is -0.397 e. The summed E-state index contributed by atoms with van der Waals surface area (Å²) in [5, 5.41) is 11.3. The van der Waals surface area contributed by atoms with Gasteiger partial charge in [-0.05, 0) is 49.6 Å². The Morgan fingerprint density at radius 1 is 1.29 bits per heavy atom. The van der Waals surface area contributed by atoms with Gasteiger partial charge in [-0.15, -0.1) is 11.3 Å². The van der Waals surface area contributed by atoms with Crippen LogP contribution in [0.15, 0.2) is 18.2 Å². The quantitative estimate of drug-likeness (QED) is 0.348. The number of anilines is 2. The summed E-state index contributed by atoms with van der Waals surface area (Å²) in [5.74, 6) is 6.13. The van der Waals surface area contributed by atoms with Crippen LogP contribution in [0.1, 0.15) is 66.5 Å². The maximum absolute atomic E-state index is 12.9. The van der Waals surface area contributed by atoms with Crippen LogP contribution in [0.5, 0.6) is 0 Å². The number of carbonyl (C=O) groups is 1. The standard InChI is InChI=1S/C22H33N3O2S/c1-7-19(27)22(5,6)20(18-11-15(12-26)14(4)28-18)16-9-10-17(25(24)8-2)21(23)13(16)3/h9-11,20,26H,7-8,12,23-24H2,1-6H3. The van der Waals surface area contributed by atoms with Crippen LogP contribution in [0.4, 0.5) is 11.4 Å². The zero-order valence-electron chi connectivity index (χ0n) is 17.8. The molecule has 28 heavy (non-hydrogen) atoms. The molecule has 0 saturated carbocycles. The summed E-state index contributed by atoms with van der Waals surface area (Å²) in [6.07, 6.45) is 0.472. The minimum absolute atomic E-state index is 0.00407. The average molecular weight is 404 g/mol. The molecule has 0 aliphatic rings. The van der Waals surface area contributed by atoms with Gasteiger partial charge >= 0.3 is 0 Å². The van der Waals surface area contributed by atoms with Crippen molar-refractivity contribution in [2.75, 3.05) is 17.3 Å². The molecule has 5 nitrogen and oxygen atoms in total. The van der Waals surface area contributed by atoms with E-state index < -0.39 is 5.41 Å². The third-order valence-electron chi connectivity index (χ3n) is 5.75. The maximum atomic E-state index is 12.9. The lowest BCUT2D eigenvalue weighted by Crippen LogP contribution is -2.33. The van der Waals surface area contributed by atoms with E-state index >= 15 is 0 Å². The lowest BCUT2D eigenvalue weighted by atomic mass is 9.69. The van der Waals surface area contributed by atoms with Crippen LogP contribution >= 0.6 is 11.3 Å². The number of carbonyl (C=O) groups excluding carboxylic acids is 1. The molecule has 0 aliphatic carbocycles. The van der Waals surface area contributed by atoms with Crippen molar-refractivity contribution in [1.82, 2.24) is 0 Å². The molecule has 1 atom stereocenters. The van der Waals surface area contributed by atoms with Crippen LogP contribution in [-0.4, -0.2) is 17.4 Å². The molecular weight excluding hydrogens is 370 g/mol. The second-order valence-electron chi connectivity index (χ2n) is 7.82. The van der Waals surface area contributed by atoms with Crippen LogP contribution in [0, 0.1) is 19.3 Å². The summed E-state index contributed by atoms with van der Waals surface area (Å²) >= 11 is 1.64. The number of hydrogen-bond acceptors (Lipinski definition) is 6. The molecule has 5 N–H and O–H groups in total. The predicted molar refractivity (Wildman–Crippen MR) is 119 cm³/mol. The van der Waals surface area contributed by atoms with E-state index in [2.05, 4.69) is 0 Å². The highest BCUT2D eigenvalue weighted by Gasteiger charge is 2.39. The van der Waals surface area contributed by atoms with E-state index in [0.29, 0.717) is 18.7 Å². The van der Waals surface area contributed by atoms with Gasteiger partial charge in [-0.1, -0.05) is 26.8 Å². The first-order chi connectivity index (χ1) is 13.1. The van der Waals surface area contributed by atoms with E-state index in [4.69, 9.17) is 11.6 Å². The van der Waals surface area contributed by atoms with Gasteiger partial charge in [0.05, 0.1) is 18.0 Å². The van der Waals surface area contributed by atoms with Crippen molar-refractivity contribution in [3.63, 3.8) is 0 Å². The number of nitrogens with two attached hydrogens (primary N) is 2. The van der Waals surface area contributed by atoms with E-state index in [1.54, 1.807) is 16.3 Å². The number of nitrogens with zero attached hydrogens (tertiary/aromatic N) is 1. The third-order valence-corrected chi connectivity index (χ3v) is 6.91. The summed E-state index contributed by atoms with van der Waals surface area (Å²) in [6.45, 7) is 12.5. The van der Waals surface area contributed by atoms with Crippen molar-refractivity contribution in [3.05, 3.63) is 44.6 Å². The number of nitrogen functional groups attached to an aromatic ring is 1. The average Bonchev–Trinajstić information content (AvgIpc) is 3.03. The van der Waals surface area contributed by atoms with Crippen molar-refractivity contribution in [2.45, 2.75) is 60.5 Å². The molecule has 1 aromatic carbocycles. The van der Waals surface area contributed by atoms with Gasteiger partial charge in [0, 0.05) is 34.1 Å². The fourth-order valence-corrected chi connectivity index (χ4v) is 5.17. The van der Waals surface area contributed by atoms with Gasteiger partial charge in [0.1, 0.15) is 5.78 Å². The number of Topliss-reactive ketones (excluding diaryl/α,β-unsaturated/α-hetero) is 1. The van der Waals surface area contributed by atoms with Crippen molar-refractivity contribution < 1.29 is 9.90 Å². The number of aliphatic hydroxyl groups is 1. The maximum Gasteiger partial charge on any atom is 0.139 e. The van der Waals surface area contributed by atoms with Gasteiger partial charge in [0.15, 0.2) is 0 Å². The molecule has 0 aliphatic heterocycles. The largest absolute Gasteiger partial charge is 0.397 e. The molecule has 0 bridgehead atoms. The molecular formula is C22H33N3O2S. The zero-order chi connectivity index (χ0) is 21.2. The fraction of sp³-hybridized carbons (Fsp3) is 0.500.